The van der Waals surface area contributed by atoms with Crippen molar-refractivity contribution in [2.45, 2.75) is 0 Å². The van der Waals surface area contributed by atoms with E-state index in [9.17, 15) is 4.79 Å². The third-order valence-corrected chi connectivity index (χ3v) is 2.59. The van der Waals surface area contributed by atoms with Gasteiger partial charge in [0.15, 0.2) is 0 Å². The van der Waals surface area contributed by atoms with Crippen LogP contribution in [0, 0.1) is 0 Å². The molecule has 0 saturated heterocycles. The van der Waals surface area contributed by atoms with E-state index in [2.05, 4.69) is 4.99 Å². The van der Waals surface area contributed by atoms with Gasteiger partial charge in [-0.3, -0.25) is 0 Å². The van der Waals surface area contributed by atoms with Gasteiger partial charge in [0.05, 0.1) is 11.4 Å². The molecule has 2 N–H and O–H groups in total. The van der Waals surface area contributed by atoms with Crippen LogP contribution in [0.3, 0.4) is 0 Å². The Morgan fingerprint density at radius 3 is 2.76 bits per heavy atom. The Bertz CT molecular complexity index is 631. The summed E-state index contributed by atoms with van der Waals surface area (Å²) in [6.45, 7) is 0. The number of hydrogen-bond acceptors (Lipinski definition) is 4. The lowest BCUT2D eigenvalue weighted by Gasteiger charge is -2.22. The molecule has 2 aromatic carbocycles. The predicted octanol–water partition coefficient (Wildman–Crippen LogP) is 2.33. The Kier molecular flexibility index (Phi) is 1.98. The number of hydrogen-bond donors (Lipinski definition) is 1. The Labute approximate surface area is 97.1 Å². The Morgan fingerprint density at radius 1 is 1.24 bits per heavy atom. The average molecular weight is 227 g/mol. The first-order valence-corrected chi connectivity index (χ1v) is 5.08. The molecular formula is C12H9N3O2. The average Bonchev–Trinajstić information content (AvgIpc) is 2.33. The smallest absolute Gasteiger partial charge is 0.333 e. The third-order valence-electron chi connectivity index (χ3n) is 2.59. The van der Waals surface area contributed by atoms with Gasteiger partial charge in [0.25, 0.3) is 0 Å². The van der Waals surface area contributed by atoms with Gasteiger partial charge in [-0.1, -0.05) is 24.3 Å². The van der Waals surface area contributed by atoms with E-state index < -0.39 is 6.09 Å². The van der Waals surface area contributed by atoms with E-state index in [0.717, 1.165) is 22.1 Å². The largest absolute Gasteiger partial charge is 0.429 e. The van der Waals surface area contributed by atoms with Crippen LogP contribution in [0.4, 0.5) is 16.2 Å². The topological polar surface area (TPSA) is 67.9 Å². The quantitative estimate of drug-likeness (QED) is 0.812. The van der Waals surface area contributed by atoms with Crippen molar-refractivity contribution in [3.8, 4) is 0 Å². The maximum Gasteiger partial charge on any atom is 0.429 e. The fraction of sp³-hybridized carbons (Fsp3) is 0. The highest BCUT2D eigenvalue weighted by Gasteiger charge is 2.17. The summed E-state index contributed by atoms with van der Waals surface area (Å²) in [7, 11) is 0. The van der Waals surface area contributed by atoms with Gasteiger partial charge in [-0.15, -0.1) is 0 Å². The van der Waals surface area contributed by atoms with Crippen molar-refractivity contribution < 1.29 is 9.63 Å². The molecule has 84 valence electrons. The zero-order valence-corrected chi connectivity index (χ0v) is 8.83. The second-order valence-corrected chi connectivity index (χ2v) is 3.63. The van der Waals surface area contributed by atoms with E-state index in [1.807, 2.05) is 36.4 Å². The number of aliphatic imine (C=N–C) groups is 1. The fourth-order valence-corrected chi connectivity index (χ4v) is 1.94. The van der Waals surface area contributed by atoms with Gasteiger partial charge in [0.1, 0.15) is 6.34 Å². The molecule has 2 aromatic rings. The van der Waals surface area contributed by atoms with Crippen LogP contribution in [0.15, 0.2) is 41.4 Å². The molecule has 0 radical (unpaired) electrons. The molecule has 1 heterocycles. The minimum atomic E-state index is -0.868. The van der Waals surface area contributed by atoms with Gasteiger partial charge in [-0.2, -0.15) is 5.06 Å². The lowest BCUT2D eigenvalue weighted by molar-refractivity contribution is 0.162. The number of carbonyl (C=O) groups excluding carboxylic acids is 1. The zero-order valence-electron chi connectivity index (χ0n) is 8.83. The van der Waals surface area contributed by atoms with Crippen molar-refractivity contribution in [3.63, 3.8) is 0 Å². The van der Waals surface area contributed by atoms with Gasteiger partial charge in [0, 0.05) is 5.39 Å². The van der Waals surface area contributed by atoms with Crippen LogP contribution in [-0.2, 0) is 4.84 Å². The number of carbonyl (C=O) groups is 1. The summed E-state index contributed by atoms with van der Waals surface area (Å²) >= 11 is 0. The molecule has 0 aliphatic carbocycles. The molecule has 1 amide bonds. The highest BCUT2D eigenvalue weighted by Crippen LogP contribution is 2.36. The highest BCUT2D eigenvalue weighted by molar-refractivity contribution is 6.08. The number of nitrogens with two attached hydrogens (primary N) is 1. The minimum absolute atomic E-state index is 0.756. The summed E-state index contributed by atoms with van der Waals surface area (Å²) in [6.07, 6.45) is 0.565. The molecule has 17 heavy (non-hydrogen) atoms. The van der Waals surface area contributed by atoms with Crippen LogP contribution in [-0.4, -0.2) is 12.4 Å². The van der Waals surface area contributed by atoms with Gasteiger partial charge < -0.3 is 10.6 Å². The van der Waals surface area contributed by atoms with E-state index in [1.165, 1.54) is 11.4 Å². The van der Waals surface area contributed by atoms with Crippen molar-refractivity contribution >= 4 is 34.6 Å². The van der Waals surface area contributed by atoms with Crippen molar-refractivity contribution in [1.29, 1.82) is 0 Å². The summed E-state index contributed by atoms with van der Waals surface area (Å²) in [6, 6.07) is 11.5. The number of anilines is 1. The maximum absolute atomic E-state index is 10.8. The molecule has 5 nitrogen and oxygen atoms in total. The minimum Gasteiger partial charge on any atom is -0.333 e. The molecule has 0 saturated carbocycles. The van der Waals surface area contributed by atoms with Crippen molar-refractivity contribution in [2.75, 3.05) is 5.06 Å². The van der Waals surface area contributed by atoms with Crippen LogP contribution < -0.4 is 10.8 Å². The molecule has 0 fully saturated rings. The number of amides is 1. The Balaban J connectivity index is 2.23. The van der Waals surface area contributed by atoms with E-state index in [0.29, 0.717) is 0 Å². The van der Waals surface area contributed by atoms with E-state index in [-0.39, 0.29) is 0 Å². The summed E-state index contributed by atoms with van der Waals surface area (Å²) in [4.78, 5) is 19.9. The number of benzene rings is 2. The highest BCUT2D eigenvalue weighted by atomic mass is 16.7. The van der Waals surface area contributed by atoms with Crippen LogP contribution in [0.2, 0.25) is 0 Å². The molecule has 0 unspecified atom stereocenters. The molecular weight excluding hydrogens is 218 g/mol. The molecule has 0 spiro atoms. The van der Waals surface area contributed by atoms with Crippen LogP contribution in [0.5, 0.6) is 0 Å². The van der Waals surface area contributed by atoms with Crippen molar-refractivity contribution in [3.05, 3.63) is 36.4 Å². The first-order valence-electron chi connectivity index (χ1n) is 5.08. The number of primary amides is 1. The van der Waals surface area contributed by atoms with Crippen molar-refractivity contribution in [2.24, 2.45) is 10.7 Å². The summed E-state index contributed by atoms with van der Waals surface area (Å²) < 4.78 is 0. The number of rotatable bonds is 1. The van der Waals surface area contributed by atoms with Crippen LogP contribution >= 0.6 is 0 Å². The molecule has 3 rings (SSSR count). The van der Waals surface area contributed by atoms with Gasteiger partial charge >= 0.3 is 6.09 Å². The predicted molar refractivity (Wildman–Crippen MR) is 65.2 cm³/mol. The molecule has 1 aliphatic rings. The van der Waals surface area contributed by atoms with E-state index >= 15 is 0 Å². The summed E-state index contributed by atoms with van der Waals surface area (Å²) in [5.41, 5.74) is 6.61. The third kappa shape index (κ3) is 1.48. The van der Waals surface area contributed by atoms with E-state index in [1.54, 1.807) is 0 Å². The lowest BCUT2D eigenvalue weighted by Crippen LogP contribution is -2.30. The molecule has 0 aromatic heterocycles. The standard InChI is InChI=1S/C12H9N3O2/c13-12(16)17-15-7-14-9-5-1-3-8-4-2-6-10(15)11(8)9/h1-7H,(H2,13,16). The molecule has 0 bridgehead atoms. The van der Waals surface area contributed by atoms with Gasteiger partial charge in [-0.25, -0.2) is 9.79 Å². The Hall–Kier alpha value is -2.56. The van der Waals surface area contributed by atoms with Gasteiger partial charge in [-0.05, 0) is 17.5 Å². The molecule has 0 atom stereocenters. The first kappa shape index (κ1) is 9.65. The lowest BCUT2D eigenvalue weighted by atomic mass is 10.1. The van der Waals surface area contributed by atoms with Crippen LogP contribution in [0.25, 0.3) is 10.8 Å². The second kappa shape index (κ2) is 3.48. The van der Waals surface area contributed by atoms with Crippen LogP contribution in [0.1, 0.15) is 0 Å². The fourth-order valence-electron chi connectivity index (χ4n) is 1.94. The normalized spacial score (nSPS) is 12.8. The van der Waals surface area contributed by atoms with Gasteiger partial charge in [0.2, 0.25) is 0 Å². The summed E-state index contributed by atoms with van der Waals surface area (Å²) in [5.74, 6) is 0. The van der Waals surface area contributed by atoms with E-state index in [4.69, 9.17) is 10.6 Å². The number of nitrogens with zero attached hydrogens (tertiary/aromatic N) is 2. The zero-order chi connectivity index (χ0) is 11.8. The Morgan fingerprint density at radius 2 is 2.00 bits per heavy atom. The maximum atomic E-state index is 10.8. The first-order chi connectivity index (χ1) is 8.25. The SMILES string of the molecule is NC(=O)ON1C=Nc2cccc3cccc1c23. The number of hydroxylamine groups is 1. The van der Waals surface area contributed by atoms with Crippen molar-refractivity contribution in [1.82, 2.24) is 0 Å². The second-order valence-electron chi connectivity index (χ2n) is 3.63. The monoisotopic (exact) mass is 227 g/mol. The molecule has 5 heteroatoms. The molecule has 1 aliphatic heterocycles. The summed E-state index contributed by atoms with van der Waals surface area (Å²) in [5, 5.41) is 3.26.